The highest BCUT2D eigenvalue weighted by Crippen LogP contribution is 2.22. The van der Waals surface area contributed by atoms with Crippen molar-refractivity contribution < 1.29 is 4.74 Å². The third-order valence-electron chi connectivity index (χ3n) is 2.67. The molecule has 0 atom stereocenters. The first-order chi connectivity index (χ1) is 9.02. The zero-order valence-corrected chi connectivity index (χ0v) is 13.8. The first-order valence-corrected chi connectivity index (χ1v) is 8.13. The van der Waals surface area contributed by atoms with Gasteiger partial charge in [0.15, 0.2) is 0 Å². The van der Waals surface area contributed by atoms with Crippen molar-refractivity contribution in [3.8, 4) is 0 Å². The molecule has 1 N–H and O–H groups in total. The van der Waals surface area contributed by atoms with E-state index in [1.54, 1.807) is 11.3 Å². The van der Waals surface area contributed by atoms with Gasteiger partial charge < -0.3 is 10.1 Å². The Hall–Kier alpha value is -0.450. The Morgan fingerprint density at radius 1 is 1.26 bits per heavy atom. The van der Waals surface area contributed by atoms with Gasteiger partial charge in [-0.15, -0.1) is 11.3 Å². The fourth-order valence-corrected chi connectivity index (χ4v) is 2.77. The molecule has 0 unspecified atom stereocenters. The summed E-state index contributed by atoms with van der Waals surface area (Å²) in [6.45, 7) is 13.4. The Balaban J connectivity index is 2.67. The molecule has 0 amide bonds. The van der Waals surface area contributed by atoms with Gasteiger partial charge in [-0.05, 0) is 18.8 Å². The normalized spacial score (nSPS) is 11.7. The molecule has 4 heteroatoms. The monoisotopic (exact) mass is 284 g/mol. The van der Waals surface area contributed by atoms with E-state index in [9.17, 15) is 0 Å². The van der Waals surface area contributed by atoms with Gasteiger partial charge in [0, 0.05) is 24.1 Å². The molecule has 0 saturated carbocycles. The second-order valence-electron chi connectivity index (χ2n) is 5.66. The minimum absolute atomic E-state index is 0.508. The van der Waals surface area contributed by atoms with E-state index in [1.807, 2.05) is 0 Å². The van der Waals surface area contributed by atoms with E-state index in [-0.39, 0.29) is 0 Å². The van der Waals surface area contributed by atoms with Crippen LogP contribution < -0.4 is 5.32 Å². The van der Waals surface area contributed by atoms with Crippen LogP contribution in [0, 0.1) is 5.92 Å². The van der Waals surface area contributed by atoms with E-state index in [2.05, 4.69) is 39.9 Å². The SMILES string of the molecule is CCCOCc1nc(CC(C)C)c(CNC(C)C)s1. The Bertz CT molecular complexity index is 361. The number of nitrogens with zero attached hydrogens (tertiary/aromatic N) is 1. The van der Waals surface area contributed by atoms with Gasteiger partial charge in [0.2, 0.25) is 0 Å². The fraction of sp³-hybridized carbons (Fsp3) is 0.800. The van der Waals surface area contributed by atoms with Crippen molar-refractivity contribution in [1.82, 2.24) is 10.3 Å². The predicted molar refractivity (Wildman–Crippen MR) is 82.6 cm³/mol. The highest BCUT2D eigenvalue weighted by Gasteiger charge is 2.12. The quantitative estimate of drug-likeness (QED) is 0.701. The Morgan fingerprint density at radius 3 is 2.58 bits per heavy atom. The van der Waals surface area contributed by atoms with Crippen LogP contribution in [0.25, 0.3) is 0 Å². The summed E-state index contributed by atoms with van der Waals surface area (Å²) in [6.07, 6.45) is 2.12. The second-order valence-corrected chi connectivity index (χ2v) is 6.83. The van der Waals surface area contributed by atoms with Crippen LogP contribution in [0.2, 0.25) is 0 Å². The summed E-state index contributed by atoms with van der Waals surface area (Å²) in [5.41, 5.74) is 1.25. The largest absolute Gasteiger partial charge is 0.374 e. The summed E-state index contributed by atoms with van der Waals surface area (Å²) in [5, 5.41) is 4.60. The summed E-state index contributed by atoms with van der Waals surface area (Å²) in [6, 6.07) is 0.508. The highest BCUT2D eigenvalue weighted by atomic mass is 32.1. The number of rotatable bonds is 9. The van der Waals surface area contributed by atoms with Crippen molar-refractivity contribution in [2.45, 2.75) is 66.7 Å². The Morgan fingerprint density at radius 2 is 2.00 bits per heavy atom. The van der Waals surface area contributed by atoms with Gasteiger partial charge >= 0.3 is 0 Å². The fourth-order valence-electron chi connectivity index (χ4n) is 1.78. The molecule has 0 fully saturated rings. The minimum Gasteiger partial charge on any atom is -0.374 e. The molecular weight excluding hydrogens is 256 g/mol. The van der Waals surface area contributed by atoms with Gasteiger partial charge in [-0.1, -0.05) is 34.6 Å². The zero-order valence-electron chi connectivity index (χ0n) is 13.0. The topological polar surface area (TPSA) is 34.1 Å². The Kier molecular flexibility index (Phi) is 7.57. The maximum atomic E-state index is 5.60. The van der Waals surface area contributed by atoms with Crippen LogP contribution in [-0.4, -0.2) is 17.6 Å². The van der Waals surface area contributed by atoms with Crippen LogP contribution in [0.1, 0.15) is 56.6 Å². The summed E-state index contributed by atoms with van der Waals surface area (Å²) in [4.78, 5) is 6.13. The van der Waals surface area contributed by atoms with E-state index in [1.165, 1.54) is 10.6 Å². The number of hydrogen-bond donors (Lipinski definition) is 1. The van der Waals surface area contributed by atoms with E-state index < -0.39 is 0 Å². The molecule has 0 aliphatic rings. The third kappa shape index (κ3) is 6.50. The molecule has 0 radical (unpaired) electrons. The number of ether oxygens (including phenoxy) is 1. The standard InChI is InChI=1S/C15H28N2OS/c1-6-7-18-10-15-17-13(8-11(2)3)14(19-15)9-16-12(4)5/h11-12,16H,6-10H2,1-5H3. The molecule has 0 aromatic carbocycles. The lowest BCUT2D eigenvalue weighted by Gasteiger charge is -2.08. The van der Waals surface area contributed by atoms with E-state index in [4.69, 9.17) is 9.72 Å². The first-order valence-electron chi connectivity index (χ1n) is 7.31. The van der Waals surface area contributed by atoms with Crippen molar-refractivity contribution >= 4 is 11.3 Å². The number of thiazole rings is 1. The average Bonchev–Trinajstić information content (AvgIpc) is 2.68. The Labute approximate surface area is 121 Å². The van der Waals surface area contributed by atoms with Crippen LogP contribution >= 0.6 is 11.3 Å². The molecule has 0 aliphatic carbocycles. The minimum atomic E-state index is 0.508. The van der Waals surface area contributed by atoms with Gasteiger partial charge in [0.1, 0.15) is 5.01 Å². The smallest absolute Gasteiger partial charge is 0.119 e. The van der Waals surface area contributed by atoms with Crippen LogP contribution in [-0.2, 0) is 24.3 Å². The maximum absolute atomic E-state index is 5.60. The van der Waals surface area contributed by atoms with Gasteiger partial charge in [0.05, 0.1) is 12.3 Å². The maximum Gasteiger partial charge on any atom is 0.119 e. The number of hydrogen-bond acceptors (Lipinski definition) is 4. The molecular formula is C15H28N2OS. The lowest BCUT2D eigenvalue weighted by atomic mass is 10.1. The summed E-state index contributed by atoms with van der Waals surface area (Å²) in [7, 11) is 0. The van der Waals surface area contributed by atoms with Crippen molar-refractivity contribution in [3.63, 3.8) is 0 Å². The van der Waals surface area contributed by atoms with Gasteiger partial charge in [-0.2, -0.15) is 0 Å². The molecule has 0 aliphatic heterocycles. The van der Waals surface area contributed by atoms with Crippen LogP contribution in [0.4, 0.5) is 0 Å². The molecule has 1 rings (SSSR count). The number of nitrogens with one attached hydrogen (secondary N) is 1. The van der Waals surface area contributed by atoms with Crippen molar-refractivity contribution in [2.75, 3.05) is 6.61 Å². The second kappa shape index (κ2) is 8.67. The molecule has 0 bridgehead atoms. The average molecular weight is 284 g/mol. The van der Waals surface area contributed by atoms with Gasteiger partial charge in [-0.3, -0.25) is 0 Å². The molecule has 0 spiro atoms. The summed E-state index contributed by atoms with van der Waals surface area (Å²) in [5.74, 6) is 0.643. The van der Waals surface area contributed by atoms with Gasteiger partial charge in [0.25, 0.3) is 0 Å². The van der Waals surface area contributed by atoms with Crippen LogP contribution in [0.3, 0.4) is 0 Å². The molecule has 3 nitrogen and oxygen atoms in total. The molecule has 1 heterocycles. The highest BCUT2D eigenvalue weighted by molar-refractivity contribution is 7.11. The van der Waals surface area contributed by atoms with E-state index in [0.29, 0.717) is 18.6 Å². The van der Waals surface area contributed by atoms with Crippen LogP contribution in [0.15, 0.2) is 0 Å². The van der Waals surface area contributed by atoms with Crippen molar-refractivity contribution in [2.24, 2.45) is 5.92 Å². The third-order valence-corrected chi connectivity index (χ3v) is 3.74. The first kappa shape index (κ1) is 16.6. The predicted octanol–water partition coefficient (Wildman–Crippen LogP) is 3.77. The van der Waals surface area contributed by atoms with E-state index in [0.717, 1.165) is 31.0 Å². The zero-order chi connectivity index (χ0) is 14.3. The van der Waals surface area contributed by atoms with Crippen molar-refractivity contribution in [1.29, 1.82) is 0 Å². The summed E-state index contributed by atoms with van der Waals surface area (Å²) >= 11 is 1.80. The molecule has 1 aromatic rings. The lowest BCUT2D eigenvalue weighted by Crippen LogP contribution is -2.22. The molecule has 19 heavy (non-hydrogen) atoms. The van der Waals surface area contributed by atoms with Crippen molar-refractivity contribution in [3.05, 3.63) is 15.6 Å². The molecule has 0 saturated heterocycles. The summed E-state index contributed by atoms with van der Waals surface area (Å²) < 4.78 is 5.60. The van der Waals surface area contributed by atoms with Crippen LogP contribution in [0.5, 0.6) is 0 Å². The van der Waals surface area contributed by atoms with Gasteiger partial charge in [-0.25, -0.2) is 4.98 Å². The number of aromatic nitrogens is 1. The van der Waals surface area contributed by atoms with E-state index >= 15 is 0 Å². The lowest BCUT2D eigenvalue weighted by molar-refractivity contribution is 0.121. The molecule has 110 valence electrons. The molecule has 1 aromatic heterocycles.